The zero-order valence-electron chi connectivity index (χ0n) is 9.12. The minimum atomic E-state index is -1.49. The SMILES string of the molecule is CCCn1cnnc1-c1ccc(F)c(F)c1F. The van der Waals surface area contributed by atoms with Crippen LogP contribution >= 0.6 is 0 Å². The summed E-state index contributed by atoms with van der Waals surface area (Å²) in [6.07, 6.45) is 2.23. The van der Waals surface area contributed by atoms with E-state index in [1.165, 1.54) is 6.33 Å². The minimum absolute atomic E-state index is 0.0881. The van der Waals surface area contributed by atoms with Gasteiger partial charge in [0.15, 0.2) is 23.3 Å². The highest BCUT2D eigenvalue weighted by molar-refractivity contribution is 5.56. The van der Waals surface area contributed by atoms with E-state index >= 15 is 0 Å². The van der Waals surface area contributed by atoms with Gasteiger partial charge < -0.3 is 4.57 Å². The van der Waals surface area contributed by atoms with Gasteiger partial charge in [-0.25, -0.2) is 13.2 Å². The molecule has 6 heteroatoms. The molecule has 0 spiro atoms. The van der Waals surface area contributed by atoms with Crippen LogP contribution in [0.4, 0.5) is 13.2 Å². The van der Waals surface area contributed by atoms with Crippen LogP contribution in [0, 0.1) is 17.5 Å². The summed E-state index contributed by atoms with van der Waals surface area (Å²) in [5.41, 5.74) is -0.0881. The zero-order chi connectivity index (χ0) is 12.4. The number of hydrogen-bond donors (Lipinski definition) is 0. The van der Waals surface area contributed by atoms with Crippen LogP contribution in [0.25, 0.3) is 11.4 Å². The van der Waals surface area contributed by atoms with Gasteiger partial charge in [-0.05, 0) is 18.6 Å². The lowest BCUT2D eigenvalue weighted by Crippen LogP contribution is -2.02. The minimum Gasteiger partial charge on any atom is -0.314 e. The average molecular weight is 241 g/mol. The number of aromatic nitrogens is 3. The molecule has 90 valence electrons. The molecule has 0 saturated carbocycles. The van der Waals surface area contributed by atoms with Crippen LogP contribution in [-0.4, -0.2) is 14.8 Å². The molecule has 1 aromatic heterocycles. The van der Waals surface area contributed by atoms with Crippen LogP contribution in [0.15, 0.2) is 18.5 Å². The van der Waals surface area contributed by atoms with Crippen molar-refractivity contribution in [2.45, 2.75) is 19.9 Å². The molecule has 1 aromatic carbocycles. The Morgan fingerprint density at radius 1 is 1.18 bits per heavy atom. The Labute approximate surface area is 95.9 Å². The normalized spacial score (nSPS) is 10.8. The first-order chi connectivity index (χ1) is 8.15. The number of benzene rings is 1. The van der Waals surface area contributed by atoms with Gasteiger partial charge in [0.05, 0.1) is 5.56 Å². The van der Waals surface area contributed by atoms with E-state index in [4.69, 9.17) is 0 Å². The van der Waals surface area contributed by atoms with E-state index in [2.05, 4.69) is 10.2 Å². The monoisotopic (exact) mass is 241 g/mol. The van der Waals surface area contributed by atoms with Crippen molar-refractivity contribution in [2.24, 2.45) is 0 Å². The molecule has 0 radical (unpaired) electrons. The van der Waals surface area contributed by atoms with Crippen molar-refractivity contribution >= 4 is 0 Å². The molecular weight excluding hydrogens is 231 g/mol. The Morgan fingerprint density at radius 3 is 2.65 bits per heavy atom. The number of hydrogen-bond acceptors (Lipinski definition) is 2. The first-order valence-electron chi connectivity index (χ1n) is 5.16. The third kappa shape index (κ3) is 2.02. The summed E-state index contributed by atoms with van der Waals surface area (Å²) in [6.45, 7) is 2.52. The Kier molecular flexibility index (Phi) is 3.12. The Morgan fingerprint density at radius 2 is 1.94 bits per heavy atom. The lowest BCUT2D eigenvalue weighted by molar-refractivity contribution is 0.448. The molecule has 0 saturated heterocycles. The highest BCUT2D eigenvalue weighted by Crippen LogP contribution is 2.24. The first kappa shape index (κ1) is 11.6. The first-order valence-corrected chi connectivity index (χ1v) is 5.16. The predicted molar refractivity (Wildman–Crippen MR) is 55.6 cm³/mol. The van der Waals surface area contributed by atoms with Gasteiger partial charge in [-0.15, -0.1) is 10.2 Å². The molecule has 0 fully saturated rings. The summed E-state index contributed by atoms with van der Waals surface area (Å²) in [4.78, 5) is 0. The Hall–Kier alpha value is -1.85. The number of nitrogens with zero attached hydrogens (tertiary/aromatic N) is 3. The van der Waals surface area contributed by atoms with Gasteiger partial charge in [-0.3, -0.25) is 0 Å². The number of rotatable bonds is 3. The maximum absolute atomic E-state index is 13.5. The predicted octanol–water partition coefficient (Wildman–Crippen LogP) is 2.77. The lowest BCUT2D eigenvalue weighted by atomic mass is 10.2. The van der Waals surface area contributed by atoms with Gasteiger partial charge in [-0.1, -0.05) is 6.92 Å². The molecule has 0 aliphatic carbocycles. The van der Waals surface area contributed by atoms with Crippen LogP contribution in [0.2, 0.25) is 0 Å². The van der Waals surface area contributed by atoms with E-state index in [0.717, 1.165) is 18.6 Å². The highest BCUT2D eigenvalue weighted by atomic mass is 19.2. The molecule has 0 aliphatic rings. The second-order valence-electron chi connectivity index (χ2n) is 3.57. The summed E-state index contributed by atoms with van der Waals surface area (Å²) in [7, 11) is 0. The molecular formula is C11H10F3N3. The van der Waals surface area contributed by atoms with Crippen molar-refractivity contribution in [3.8, 4) is 11.4 Å². The standard InChI is InChI=1S/C11H10F3N3/c1-2-5-17-6-15-16-11(17)7-3-4-8(12)10(14)9(7)13/h3-4,6H,2,5H2,1H3. The molecule has 2 aromatic rings. The van der Waals surface area contributed by atoms with Crippen molar-refractivity contribution in [2.75, 3.05) is 0 Å². The van der Waals surface area contributed by atoms with Gasteiger partial charge in [0.25, 0.3) is 0 Å². The van der Waals surface area contributed by atoms with Crippen LogP contribution in [0.5, 0.6) is 0 Å². The maximum Gasteiger partial charge on any atom is 0.195 e. The quantitative estimate of drug-likeness (QED) is 0.773. The average Bonchev–Trinajstić information content (AvgIpc) is 2.75. The van der Waals surface area contributed by atoms with Crippen molar-refractivity contribution in [3.63, 3.8) is 0 Å². The van der Waals surface area contributed by atoms with E-state index in [0.29, 0.717) is 6.54 Å². The number of halogens is 3. The molecule has 0 amide bonds. The summed E-state index contributed by atoms with van der Waals surface area (Å²) < 4.78 is 41.0. The fourth-order valence-corrected chi connectivity index (χ4v) is 1.57. The smallest absolute Gasteiger partial charge is 0.195 e. The molecule has 1 heterocycles. The molecule has 0 atom stereocenters. The lowest BCUT2D eigenvalue weighted by Gasteiger charge is -2.06. The van der Waals surface area contributed by atoms with E-state index in [9.17, 15) is 13.2 Å². The van der Waals surface area contributed by atoms with Crippen molar-refractivity contribution in [1.82, 2.24) is 14.8 Å². The van der Waals surface area contributed by atoms with E-state index in [1.807, 2.05) is 6.92 Å². The third-order valence-electron chi connectivity index (χ3n) is 2.36. The summed E-state index contributed by atoms with van der Waals surface area (Å²) in [5, 5.41) is 7.36. The van der Waals surface area contributed by atoms with Gasteiger partial charge >= 0.3 is 0 Å². The molecule has 0 aliphatic heterocycles. The second-order valence-corrected chi connectivity index (χ2v) is 3.57. The van der Waals surface area contributed by atoms with Crippen LogP contribution < -0.4 is 0 Å². The molecule has 0 unspecified atom stereocenters. The van der Waals surface area contributed by atoms with Gasteiger partial charge in [0.2, 0.25) is 0 Å². The Balaban J connectivity index is 2.53. The topological polar surface area (TPSA) is 30.7 Å². The van der Waals surface area contributed by atoms with Crippen LogP contribution in [0.3, 0.4) is 0 Å². The third-order valence-corrected chi connectivity index (χ3v) is 2.36. The van der Waals surface area contributed by atoms with E-state index in [1.54, 1.807) is 4.57 Å². The van der Waals surface area contributed by atoms with Crippen molar-refractivity contribution in [1.29, 1.82) is 0 Å². The second kappa shape index (κ2) is 4.57. The van der Waals surface area contributed by atoms with Gasteiger partial charge in [0, 0.05) is 6.54 Å². The largest absolute Gasteiger partial charge is 0.314 e. The molecule has 2 rings (SSSR count). The fourth-order valence-electron chi connectivity index (χ4n) is 1.57. The van der Waals surface area contributed by atoms with Gasteiger partial charge in [-0.2, -0.15) is 0 Å². The zero-order valence-corrected chi connectivity index (χ0v) is 9.12. The maximum atomic E-state index is 13.5. The molecule has 0 bridgehead atoms. The summed E-state index contributed by atoms with van der Waals surface area (Å²) >= 11 is 0. The summed E-state index contributed by atoms with van der Waals surface area (Å²) in [6, 6.07) is 2.03. The molecule has 0 N–H and O–H groups in total. The molecule has 17 heavy (non-hydrogen) atoms. The van der Waals surface area contributed by atoms with E-state index in [-0.39, 0.29) is 11.4 Å². The highest BCUT2D eigenvalue weighted by Gasteiger charge is 2.18. The van der Waals surface area contributed by atoms with Crippen LogP contribution in [0.1, 0.15) is 13.3 Å². The van der Waals surface area contributed by atoms with Crippen LogP contribution in [-0.2, 0) is 6.54 Å². The summed E-state index contributed by atoms with van der Waals surface area (Å²) in [5.74, 6) is -3.75. The molecule has 3 nitrogen and oxygen atoms in total. The fraction of sp³-hybridized carbons (Fsp3) is 0.273. The Bertz CT molecular complexity index is 537. The van der Waals surface area contributed by atoms with Crippen molar-refractivity contribution < 1.29 is 13.2 Å². The number of aryl methyl sites for hydroxylation is 1. The van der Waals surface area contributed by atoms with Crippen molar-refractivity contribution in [3.05, 3.63) is 35.9 Å². The van der Waals surface area contributed by atoms with Gasteiger partial charge in [0.1, 0.15) is 6.33 Å². The van der Waals surface area contributed by atoms with E-state index < -0.39 is 17.5 Å².